The van der Waals surface area contributed by atoms with Crippen LogP contribution in [0.4, 0.5) is 0 Å². The Morgan fingerprint density at radius 3 is 1.06 bits per heavy atom. The highest BCUT2D eigenvalue weighted by Gasteiger charge is 2.33. The summed E-state index contributed by atoms with van der Waals surface area (Å²) in [7, 11) is 0. The van der Waals surface area contributed by atoms with E-state index in [9.17, 15) is 0 Å². The summed E-state index contributed by atoms with van der Waals surface area (Å²) in [6.07, 6.45) is 0. The monoisotopic (exact) mass is 850 g/mol. The molecule has 2 aromatic heterocycles. The average Bonchev–Trinajstić information content (AvgIpc) is 3.61. The summed E-state index contributed by atoms with van der Waals surface area (Å²) in [5.74, 6) is 0.699. The van der Waals surface area contributed by atoms with E-state index < -0.39 is 0 Å². The lowest BCUT2D eigenvalue weighted by atomic mass is 9.78. The predicted octanol–water partition coefficient (Wildman–Crippen LogP) is 17.1. The molecule has 0 aliphatic heterocycles. The second kappa shape index (κ2) is 16.1. The first kappa shape index (κ1) is 43.7. The molecule has 0 radical (unpaired) electrons. The standard InChI is InChI=1S/C62H63N3/c1-59(2,3)45-35-49-50-36-46(60(4,5)6)38-52(62(10,11)12)57(50)65(56(49)51(37-45)61(7,8)9)55-47(40-25-17-13-18-26-40)33-44(34-48(55)41-27-19-14-20-28-41)54-39-53(42-29-21-15-22-30-42)63-58(64-54)43-31-23-16-24-32-43/h13-39H,1-12H3. The molecule has 0 spiro atoms. The zero-order valence-corrected chi connectivity index (χ0v) is 40.4. The number of hydrogen-bond acceptors (Lipinski definition) is 2. The Morgan fingerprint density at radius 2 is 0.692 bits per heavy atom. The lowest BCUT2D eigenvalue weighted by Crippen LogP contribution is -2.19. The third kappa shape index (κ3) is 8.34. The topological polar surface area (TPSA) is 30.7 Å². The molecular formula is C62H63N3. The SMILES string of the molecule is CC(C)(C)c1cc(C(C)(C)C)c2c(c1)c1cc(C(C)(C)C)cc(C(C)(C)C)c1n2-c1c(-c2ccccc2)cc(-c2cc(-c3ccccc3)nc(-c3ccccc3)n2)cc1-c1ccccc1. The Bertz CT molecular complexity index is 2980. The molecule has 2 heterocycles. The molecule has 7 aromatic carbocycles. The van der Waals surface area contributed by atoms with Crippen LogP contribution in [0, 0.1) is 0 Å². The molecule has 0 N–H and O–H groups in total. The van der Waals surface area contributed by atoms with Crippen LogP contribution in [-0.2, 0) is 21.7 Å². The number of benzene rings is 7. The summed E-state index contributed by atoms with van der Waals surface area (Å²) < 4.78 is 2.68. The second-order valence-electron chi connectivity index (χ2n) is 22.0. The maximum absolute atomic E-state index is 5.40. The van der Waals surface area contributed by atoms with Gasteiger partial charge in [-0.15, -0.1) is 0 Å². The predicted molar refractivity (Wildman–Crippen MR) is 278 cm³/mol. The lowest BCUT2D eigenvalue weighted by molar-refractivity contribution is 0.571. The van der Waals surface area contributed by atoms with Gasteiger partial charge < -0.3 is 4.57 Å². The third-order valence-corrected chi connectivity index (χ3v) is 12.9. The number of fused-ring (bicyclic) bond motifs is 3. The summed E-state index contributed by atoms with van der Waals surface area (Å²) in [6, 6.07) is 59.8. The Labute approximate surface area is 387 Å². The molecule has 9 aromatic rings. The maximum Gasteiger partial charge on any atom is 0.160 e. The largest absolute Gasteiger partial charge is 0.307 e. The van der Waals surface area contributed by atoms with Crippen LogP contribution in [0.3, 0.4) is 0 Å². The number of rotatable bonds is 6. The van der Waals surface area contributed by atoms with Crippen molar-refractivity contribution in [2.45, 2.75) is 105 Å². The molecule has 326 valence electrons. The van der Waals surface area contributed by atoms with Crippen LogP contribution < -0.4 is 0 Å². The molecule has 0 aliphatic rings. The molecule has 65 heavy (non-hydrogen) atoms. The molecule has 3 nitrogen and oxygen atoms in total. The van der Waals surface area contributed by atoms with Crippen molar-refractivity contribution in [3.05, 3.63) is 186 Å². The van der Waals surface area contributed by atoms with Crippen LogP contribution in [0.1, 0.15) is 105 Å². The van der Waals surface area contributed by atoms with Gasteiger partial charge in [0.2, 0.25) is 0 Å². The fourth-order valence-electron chi connectivity index (χ4n) is 9.27. The van der Waals surface area contributed by atoms with Crippen molar-refractivity contribution < 1.29 is 0 Å². The molecule has 3 heteroatoms. The summed E-state index contributed by atoms with van der Waals surface area (Å²) in [5, 5.41) is 2.60. The van der Waals surface area contributed by atoms with Gasteiger partial charge in [-0.2, -0.15) is 0 Å². The Balaban J connectivity index is 1.52. The first-order valence-corrected chi connectivity index (χ1v) is 23.2. The summed E-state index contributed by atoms with van der Waals surface area (Å²) in [6.45, 7) is 28.4. The Kier molecular flexibility index (Phi) is 10.8. The van der Waals surface area contributed by atoms with Crippen LogP contribution in [0.25, 0.3) is 83.6 Å². The van der Waals surface area contributed by atoms with Crippen molar-refractivity contribution in [3.63, 3.8) is 0 Å². The van der Waals surface area contributed by atoms with E-state index in [-0.39, 0.29) is 21.7 Å². The molecule has 0 fully saturated rings. The maximum atomic E-state index is 5.40. The van der Waals surface area contributed by atoms with Gasteiger partial charge in [0.25, 0.3) is 0 Å². The van der Waals surface area contributed by atoms with E-state index in [4.69, 9.17) is 9.97 Å². The second-order valence-corrected chi connectivity index (χ2v) is 22.0. The minimum absolute atomic E-state index is 0.0576. The first-order chi connectivity index (χ1) is 30.8. The number of nitrogens with zero attached hydrogens (tertiary/aromatic N) is 3. The van der Waals surface area contributed by atoms with E-state index in [2.05, 4.69) is 245 Å². The highest BCUT2D eigenvalue weighted by atomic mass is 15.0. The minimum atomic E-state index is -0.178. The van der Waals surface area contributed by atoms with E-state index in [0.717, 1.165) is 56.0 Å². The Hall–Kier alpha value is -6.58. The summed E-state index contributed by atoms with van der Waals surface area (Å²) in [4.78, 5) is 10.6. The summed E-state index contributed by atoms with van der Waals surface area (Å²) in [5.41, 5.74) is 18.0. The van der Waals surface area contributed by atoms with Gasteiger partial charge in [0.1, 0.15) is 0 Å². The molecule has 0 amide bonds. The van der Waals surface area contributed by atoms with Crippen molar-refractivity contribution in [3.8, 4) is 61.8 Å². The van der Waals surface area contributed by atoms with Crippen molar-refractivity contribution >= 4 is 21.8 Å². The quantitative estimate of drug-likeness (QED) is 0.167. The van der Waals surface area contributed by atoms with Gasteiger partial charge in [0.05, 0.1) is 28.1 Å². The average molecular weight is 850 g/mol. The van der Waals surface area contributed by atoms with E-state index in [1.165, 1.54) is 44.1 Å². The number of aromatic nitrogens is 3. The fraction of sp³-hybridized carbons (Fsp3) is 0.258. The first-order valence-electron chi connectivity index (χ1n) is 23.2. The van der Waals surface area contributed by atoms with E-state index in [0.29, 0.717) is 5.82 Å². The van der Waals surface area contributed by atoms with Crippen LogP contribution >= 0.6 is 0 Å². The number of hydrogen-bond donors (Lipinski definition) is 0. The molecule has 0 saturated carbocycles. The van der Waals surface area contributed by atoms with Gasteiger partial charge in [0, 0.05) is 38.6 Å². The van der Waals surface area contributed by atoms with Crippen LogP contribution in [0.2, 0.25) is 0 Å². The van der Waals surface area contributed by atoms with Crippen LogP contribution in [0.5, 0.6) is 0 Å². The van der Waals surface area contributed by atoms with E-state index in [1.807, 2.05) is 6.07 Å². The van der Waals surface area contributed by atoms with Gasteiger partial charge in [0.15, 0.2) is 5.82 Å². The van der Waals surface area contributed by atoms with Crippen molar-refractivity contribution in [1.82, 2.24) is 14.5 Å². The van der Waals surface area contributed by atoms with E-state index >= 15 is 0 Å². The Morgan fingerprint density at radius 1 is 0.338 bits per heavy atom. The summed E-state index contributed by atoms with van der Waals surface area (Å²) >= 11 is 0. The molecular weight excluding hydrogens is 787 g/mol. The highest BCUT2D eigenvalue weighted by Crippen LogP contribution is 2.50. The highest BCUT2D eigenvalue weighted by molar-refractivity contribution is 6.14. The minimum Gasteiger partial charge on any atom is -0.307 e. The zero-order valence-electron chi connectivity index (χ0n) is 40.4. The van der Waals surface area contributed by atoms with Gasteiger partial charge in [-0.3, -0.25) is 0 Å². The van der Waals surface area contributed by atoms with Crippen LogP contribution in [0.15, 0.2) is 164 Å². The smallest absolute Gasteiger partial charge is 0.160 e. The van der Waals surface area contributed by atoms with Crippen LogP contribution in [-0.4, -0.2) is 14.5 Å². The van der Waals surface area contributed by atoms with E-state index in [1.54, 1.807) is 0 Å². The molecule has 0 saturated heterocycles. The van der Waals surface area contributed by atoms with Gasteiger partial charge in [-0.05, 0) is 85.4 Å². The lowest BCUT2D eigenvalue weighted by Gasteiger charge is -2.29. The molecule has 0 bridgehead atoms. The normalized spacial score (nSPS) is 12.6. The van der Waals surface area contributed by atoms with Crippen molar-refractivity contribution in [1.29, 1.82) is 0 Å². The van der Waals surface area contributed by atoms with Gasteiger partial charge in [-0.25, -0.2) is 9.97 Å². The fourth-order valence-corrected chi connectivity index (χ4v) is 9.27. The zero-order chi connectivity index (χ0) is 46.1. The van der Waals surface area contributed by atoms with Gasteiger partial charge in [-0.1, -0.05) is 217 Å². The molecule has 0 unspecified atom stereocenters. The van der Waals surface area contributed by atoms with Crippen molar-refractivity contribution in [2.24, 2.45) is 0 Å². The van der Waals surface area contributed by atoms with Crippen molar-refractivity contribution in [2.75, 3.05) is 0 Å². The molecule has 9 rings (SSSR count). The molecule has 0 aliphatic carbocycles. The third-order valence-electron chi connectivity index (χ3n) is 12.9. The van der Waals surface area contributed by atoms with Gasteiger partial charge >= 0.3 is 0 Å². The molecule has 0 atom stereocenters.